The normalized spacial score (nSPS) is 14.0. The van der Waals surface area contributed by atoms with E-state index in [1.807, 2.05) is 0 Å². The Labute approximate surface area is 137 Å². The van der Waals surface area contributed by atoms with Gasteiger partial charge < -0.3 is 21.4 Å². The van der Waals surface area contributed by atoms with E-state index in [9.17, 15) is 29.1 Å². The summed E-state index contributed by atoms with van der Waals surface area (Å²) in [5.74, 6) is -5.12. The summed E-state index contributed by atoms with van der Waals surface area (Å²) in [6, 6.07) is 7.67. The molecule has 0 heterocycles. The number of carboxylic acids is 1. The van der Waals surface area contributed by atoms with E-state index < -0.39 is 42.2 Å². The number of carbonyl (C=O) groups is 5. The van der Waals surface area contributed by atoms with Crippen LogP contribution >= 0.6 is 0 Å². The Bertz CT molecular complexity index is 648. The molecular weight excluding hydrogens is 318 g/mol. The van der Waals surface area contributed by atoms with Crippen LogP contribution in [0, 0.1) is 0 Å². The average Bonchev–Trinajstić information content (AvgIpc) is 2.57. The van der Waals surface area contributed by atoms with Gasteiger partial charge in [0.1, 0.15) is 0 Å². The molecule has 0 aliphatic rings. The Kier molecular flexibility index (Phi) is 6.30. The zero-order chi connectivity index (χ0) is 18.3. The van der Waals surface area contributed by atoms with E-state index in [0.717, 1.165) is 0 Å². The summed E-state index contributed by atoms with van der Waals surface area (Å²) in [5, 5.41) is 9.64. The molecule has 9 heteroatoms. The molecule has 24 heavy (non-hydrogen) atoms. The number of rotatable bonds is 9. The molecule has 1 rings (SSSR count). The lowest BCUT2D eigenvalue weighted by molar-refractivity contribution is -0.165. The first kappa shape index (κ1) is 19.0. The van der Waals surface area contributed by atoms with E-state index in [1.54, 1.807) is 18.2 Å². The molecule has 1 aromatic rings. The number of aldehydes is 1. The Balaban J connectivity index is 3.66. The van der Waals surface area contributed by atoms with Crippen LogP contribution in [0.1, 0.15) is 17.9 Å². The highest BCUT2D eigenvalue weighted by molar-refractivity contribution is 6.07. The van der Waals surface area contributed by atoms with Crippen molar-refractivity contribution < 1.29 is 29.1 Å². The third-order valence-electron chi connectivity index (χ3n) is 3.61. The van der Waals surface area contributed by atoms with Gasteiger partial charge in [-0.05, 0) is 5.56 Å². The van der Waals surface area contributed by atoms with Crippen molar-refractivity contribution >= 4 is 30.5 Å². The number of hydrogen-bond donors (Lipinski definition) is 3. The second-order valence-corrected chi connectivity index (χ2v) is 4.96. The minimum atomic E-state index is -2.64. The monoisotopic (exact) mass is 335 g/mol. The number of nitrogens with zero attached hydrogens (tertiary/aromatic N) is 1. The highest BCUT2D eigenvalue weighted by Crippen LogP contribution is 2.35. The summed E-state index contributed by atoms with van der Waals surface area (Å²) in [5.41, 5.74) is 7.97. The molecule has 5 N–H and O–H groups in total. The smallest absolute Gasteiger partial charge is 0.338 e. The maximum atomic E-state index is 11.9. The highest BCUT2D eigenvalue weighted by Gasteiger charge is 2.54. The lowest BCUT2D eigenvalue weighted by atomic mass is 9.76. The Hall–Kier alpha value is -3.07. The van der Waals surface area contributed by atoms with E-state index in [4.69, 9.17) is 11.5 Å². The zero-order valence-electron chi connectivity index (χ0n) is 12.6. The van der Waals surface area contributed by atoms with Crippen LogP contribution in [0.3, 0.4) is 0 Å². The summed E-state index contributed by atoms with van der Waals surface area (Å²) in [4.78, 5) is 58.5. The van der Waals surface area contributed by atoms with Crippen molar-refractivity contribution in [1.29, 1.82) is 0 Å². The van der Waals surface area contributed by atoms with Gasteiger partial charge in [-0.2, -0.15) is 0 Å². The second kappa shape index (κ2) is 7.97. The molecule has 2 atom stereocenters. The van der Waals surface area contributed by atoms with Gasteiger partial charge in [0.15, 0.2) is 6.29 Å². The highest BCUT2D eigenvalue weighted by atomic mass is 16.4. The topological polar surface area (TPSA) is 161 Å². The molecule has 0 aromatic heterocycles. The predicted octanol–water partition coefficient (Wildman–Crippen LogP) is -1.39. The van der Waals surface area contributed by atoms with E-state index in [2.05, 4.69) is 0 Å². The van der Waals surface area contributed by atoms with Crippen molar-refractivity contribution in [3.05, 3.63) is 35.9 Å². The van der Waals surface area contributed by atoms with Gasteiger partial charge in [0.05, 0.1) is 6.54 Å². The molecule has 3 amide bonds. The number of nitrogens with two attached hydrogens (primary N) is 2. The number of benzene rings is 1. The van der Waals surface area contributed by atoms with Gasteiger partial charge in [0.2, 0.25) is 23.8 Å². The van der Waals surface area contributed by atoms with Crippen LogP contribution in [-0.2, 0) is 24.0 Å². The molecular formula is C15H17N3O6. The number of imide groups is 1. The molecule has 9 nitrogen and oxygen atoms in total. The largest absolute Gasteiger partial charge is 0.479 e. The first-order valence-electron chi connectivity index (χ1n) is 6.85. The van der Waals surface area contributed by atoms with Crippen molar-refractivity contribution in [2.45, 2.75) is 17.9 Å². The van der Waals surface area contributed by atoms with Gasteiger partial charge in [-0.3, -0.25) is 19.3 Å². The van der Waals surface area contributed by atoms with E-state index in [0.29, 0.717) is 0 Å². The third-order valence-corrected chi connectivity index (χ3v) is 3.61. The van der Waals surface area contributed by atoms with Crippen molar-refractivity contribution in [3.63, 3.8) is 0 Å². The van der Waals surface area contributed by atoms with Gasteiger partial charge in [0, 0.05) is 12.3 Å². The van der Waals surface area contributed by atoms with Gasteiger partial charge in [-0.15, -0.1) is 0 Å². The molecule has 0 fully saturated rings. The summed E-state index contributed by atoms with van der Waals surface area (Å²) in [7, 11) is 0. The fraction of sp³-hybridized carbons (Fsp3) is 0.267. The molecule has 0 aliphatic carbocycles. The van der Waals surface area contributed by atoms with E-state index >= 15 is 0 Å². The number of amides is 3. The van der Waals surface area contributed by atoms with Crippen LogP contribution in [0.2, 0.25) is 0 Å². The van der Waals surface area contributed by atoms with Crippen molar-refractivity contribution in [3.8, 4) is 0 Å². The Morgan fingerprint density at radius 1 is 1.21 bits per heavy atom. The number of hydrogen-bond acceptors (Lipinski definition) is 6. The fourth-order valence-electron chi connectivity index (χ4n) is 2.47. The molecule has 128 valence electrons. The standard InChI is InChI=1S/C15H17N3O6/c16-7-13(22)18(9-20)15(8-19,14(23)24)11(6-12(17)21)10-4-2-1-3-5-10/h1-5,8-9,11H,6-7,16H2,(H2,17,21)(H,23,24)/t11?,15-/m0/s1. The first-order chi connectivity index (χ1) is 11.3. The fourth-order valence-corrected chi connectivity index (χ4v) is 2.47. The number of aliphatic carboxylic acids is 1. The van der Waals surface area contributed by atoms with Crippen LogP contribution < -0.4 is 11.5 Å². The van der Waals surface area contributed by atoms with Crippen molar-refractivity contribution in [1.82, 2.24) is 4.90 Å². The van der Waals surface area contributed by atoms with Crippen LogP contribution in [0.5, 0.6) is 0 Å². The van der Waals surface area contributed by atoms with Gasteiger partial charge >= 0.3 is 5.97 Å². The molecule has 0 radical (unpaired) electrons. The molecule has 0 saturated carbocycles. The van der Waals surface area contributed by atoms with Crippen molar-refractivity contribution in [2.24, 2.45) is 11.5 Å². The summed E-state index contributed by atoms with van der Waals surface area (Å²) in [6.45, 7) is -0.695. The zero-order valence-corrected chi connectivity index (χ0v) is 12.6. The molecule has 0 aliphatic heterocycles. The maximum Gasteiger partial charge on any atom is 0.338 e. The lowest BCUT2D eigenvalue weighted by Crippen LogP contribution is -2.62. The Morgan fingerprint density at radius 3 is 2.17 bits per heavy atom. The van der Waals surface area contributed by atoms with Gasteiger partial charge in [-0.25, -0.2) is 4.79 Å². The molecule has 0 spiro atoms. The van der Waals surface area contributed by atoms with Gasteiger partial charge in [0.25, 0.3) is 0 Å². The maximum absolute atomic E-state index is 11.9. The predicted molar refractivity (Wildman–Crippen MR) is 81.4 cm³/mol. The van der Waals surface area contributed by atoms with E-state index in [1.165, 1.54) is 12.1 Å². The van der Waals surface area contributed by atoms with Crippen molar-refractivity contribution in [2.75, 3.05) is 6.54 Å². The summed E-state index contributed by atoms with van der Waals surface area (Å²) in [6.07, 6.45) is -0.718. The molecule has 0 bridgehead atoms. The summed E-state index contributed by atoms with van der Waals surface area (Å²) >= 11 is 0. The van der Waals surface area contributed by atoms with Crippen LogP contribution in [0.4, 0.5) is 0 Å². The molecule has 0 saturated heterocycles. The van der Waals surface area contributed by atoms with Crippen LogP contribution in [-0.4, -0.2) is 52.6 Å². The third kappa shape index (κ3) is 3.46. The molecule has 1 aromatic carbocycles. The number of carbonyl (C=O) groups excluding carboxylic acids is 4. The van der Waals surface area contributed by atoms with Crippen LogP contribution in [0.15, 0.2) is 30.3 Å². The molecule has 1 unspecified atom stereocenters. The first-order valence-corrected chi connectivity index (χ1v) is 6.85. The lowest BCUT2D eigenvalue weighted by Gasteiger charge is -2.38. The second-order valence-electron chi connectivity index (χ2n) is 4.96. The minimum absolute atomic E-state index is 0.0576. The minimum Gasteiger partial charge on any atom is -0.479 e. The van der Waals surface area contributed by atoms with E-state index in [-0.39, 0.29) is 23.2 Å². The van der Waals surface area contributed by atoms with Gasteiger partial charge in [-0.1, -0.05) is 30.3 Å². The quantitative estimate of drug-likeness (QED) is 0.370. The Morgan fingerprint density at radius 2 is 1.79 bits per heavy atom. The number of carboxylic acid groups (broad SMARTS) is 1. The average molecular weight is 335 g/mol. The summed E-state index contributed by atoms with van der Waals surface area (Å²) < 4.78 is 0. The van der Waals surface area contributed by atoms with Crippen LogP contribution in [0.25, 0.3) is 0 Å². The SMILES string of the molecule is NCC(=O)N(C=O)[C@](C=O)(C(=O)O)C(CC(N)=O)c1ccccc1. The number of primary amides is 1.